The molecule has 0 aromatic heterocycles. The second kappa shape index (κ2) is 9.03. The average Bonchev–Trinajstić information content (AvgIpc) is 3.06. The molecule has 0 fully saturated rings. The summed E-state index contributed by atoms with van der Waals surface area (Å²) in [5.74, 6) is 0. The smallest absolute Gasteiger partial charge is 0.00199 e. The molecule has 0 nitrogen and oxygen atoms in total. The van der Waals surface area contributed by atoms with E-state index in [0.717, 1.165) is 0 Å². The zero-order valence-corrected chi connectivity index (χ0v) is 23.0. The molecule has 0 aliphatic carbocycles. The van der Waals surface area contributed by atoms with Crippen molar-refractivity contribution in [2.75, 3.05) is 0 Å². The van der Waals surface area contributed by atoms with E-state index in [1.54, 1.807) is 0 Å². The van der Waals surface area contributed by atoms with Crippen molar-refractivity contribution in [2.45, 2.75) is 0 Å². The fraction of sp³-hybridized carbons (Fsp3) is 0. The highest BCUT2D eigenvalue weighted by molar-refractivity contribution is 6.27. The van der Waals surface area contributed by atoms with Gasteiger partial charge >= 0.3 is 0 Å². The molecule has 0 heterocycles. The zero-order valence-electron chi connectivity index (χ0n) is 23.0. The summed E-state index contributed by atoms with van der Waals surface area (Å²) in [6.07, 6.45) is 0. The molecule has 42 heavy (non-hydrogen) atoms. The Labute approximate surface area is 244 Å². The van der Waals surface area contributed by atoms with Crippen molar-refractivity contribution in [3.63, 3.8) is 0 Å². The summed E-state index contributed by atoms with van der Waals surface area (Å²) in [7, 11) is 0. The van der Waals surface area contributed by atoms with Crippen LogP contribution in [0.25, 0.3) is 86.9 Å². The molecule has 194 valence electrons. The first-order chi connectivity index (χ1) is 20.9. The first kappa shape index (κ1) is 23.3. The molecule has 0 unspecified atom stereocenters. The Hall–Kier alpha value is -5.46. The van der Waals surface area contributed by atoms with Gasteiger partial charge in [0, 0.05) is 0 Å². The van der Waals surface area contributed by atoms with Crippen molar-refractivity contribution in [3.8, 4) is 22.3 Å². The van der Waals surface area contributed by atoms with E-state index in [9.17, 15) is 0 Å². The summed E-state index contributed by atoms with van der Waals surface area (Å²) in [6, 6.07) is 58.1. The molecule has 0 atom stereocenters. The van der Waals surface area contributed by atoms with Crippen LogP contribution in [0.5, 0.6) is 0 Å². The number of hydrogen-bond donors (Lipinski definition) is 0. The van der Waals surface area contributed by atoms with E-state index >= 15 is 0 Å². The number of benzene rings is 9. The molecule has 0 spiro atoms. The molecule has 0 heteroatoms. The van der Waals surface area contributed by atoms with Crippen LogP contribution in [0.1, 0.15) is 0 Å². The van der Waals surface area contributed by atoms with Crippen LogP contribution in [-0.4, -0.2) is 0 Å². The van der Waals surface area contributed by atoms with Crippen molar-refractivity contribution < 1.29 is 0 Å². The molecule has 0 saturated carbocycles. The van der Waals surface area contributed by atoms with Crippen LogP contribution >= 0.6 is 0 Å². The van der Waals surface area contributed by atoms with Crippen LogP contribution < -0.4 is 0 Å². The highest BCUT2D eigenvalue weighted by Crippen LogP contribution is 2.47. The molecule has 0 aliphatic rings. The van der Waals surface area contributed by atoms with Gasteiger partial charge in [-0.1, -0.05) is 152 Å². The van der Waals surface area contributed by atoms with E-state index in [-0.39, 0.29) is 0 Å². The summed E-state index contributed by atoms with van der Waals surface area (Å²) < 4.78 is 0. The first-order valence-corrected chi connectivity index (χ1v) is 14.6. The van der Waals surface area contributed by atoms with Gasteiger partial charge in [-0.2, -0.15) is 0 Å². The lowest BCUT2D eigenvalue weighted by Gasteiger charge is -2.20. The van der Waals surface area contributed by atoms with Crippen LogP contribution in [0.3, 0.4) is 0 Å². The Kier molecular flexibility index (Phi) is 5.00. The molecule has 0 radical (unpaired) electrons. The summed E-state index contributed by atoms with van der Waals surface area (Å²) in [4.78, 5) is 0. The predicted molar refractivity (Wildman–Crippen MR) is 182 cm³/mol. The molecule has 0 saturated heterocycles. The Morgan fingerprint density at radius 3 is 1.24 bits per heavy atom. The largest absolute Gasteiger partial charge is 0.0616 e. The van der Waals surface area contributed by atoms with Gasteiger partial charge in [-0.3, -0.25) is 0 Å². The molecular weight excluding hydrogens is 504 g/mol. The number of rotatable bonds is 2. The maximum absolute atomic E-state index is 2.40. The van der Waals surface area contributed by atoms with E-state index in [1.807, 2.05) is 0 Å². The molecule has 9 rings (SSSR count). The van der Waals surface area contributed by atoms with E-state index in [0.29, 0.717) is 0 Å². The SMILES string of the molecule is c1ccc2c(c1)ccc1c(-c3c4ccccc4c(-c4cc5ccccc5c5ccccc45)c4ccccc34)cccc12. The third kappa shape index (κ3) is 3.30. The number of fused-ring (bicyclic) bond motifs is 8. The summed E-state index contributed by atoms with van der Waals surface area (Å²) in [5.41, 5.74) is 5.17. The van der Waals surface area contributed by atoms with Crippen molar-refractivity contribution >= 4 is 64.6 Å². The van der Waals surface area contributed by atoms with E-state index in [1.165, 1.54) is 86.9 Å². The molecule has 0 N–H and O–H groups in total. The van der Waals surface area contributed by atoms with E-state index in [4.69, 9.17) is 0 Å². The van der Waals surface area contributed by atoms with Crippen LogP contribution in [0.4, 0.5) is 0 Å². The quantitative estimate of drug-likeness (QED) is 0.154. The highest BCUT2D eigenvalue weighted by Gasteiger charge is 2.20. The van der Waals surface area contributed by atoms with Gasteiger partial charge in [0.1, 0.15) is 0 Å². The lowest BCUT2D eigenvalue weighted by atomic mass is 9.83. The first-order valence-electron chi connectivity index (χ1n) is 14.6. The third-order valence-electron chi connectivity index (χ3n) is 9.02. The van der Waals surface area contributed by atoms with Crippen molar-refractivity contribution in [2.24, 2.45) is 0 Å². The van der Waals surface area contributed by atoms with Gasteiger partial charge in [-0.15, -0.1) is 0 Å². The van der Waals surface area contributed by atoms with Crippen molar-refractivity contribution in [1.82, 2.24) is 0 Å². The minimum atomic E-state index is 1.27. The monoisotopic (exact) mass is 530 g/mol. The van der Waals surface area contributed by atoms with Crippen molar-refractivity contribution in [1.29, 1.82) is 0 Å². The lowest BCUT2D eigenvalue weighted by Crippen LogP contribution is -1.93. The fourth-order valence-corrected chi connectivity index (χ4v) is 7.23. The second-order valence-corrected chi connectivity index (χ2v) is 11.2. The van der Waals surface area contributed by atoms with Crippen LogP contribution in [-0.2, 0) is 0 Å². The fourth-order valence-electron chi connectivity index (χ4n) is 7.23. The van der Waals surface area contributed by atoms with Crippen LogP contribution in [0, 0.1) is 0 Å². The summed E-state index contributed by atoms with van der Waals surface area (Å²) in [5, 5.41) is 15.4. The summed E-state index contributed by atoms with van der Waals surface area (Å²) in [6.45, 7) is 0. The maximum Gasteiger partial charge on any atom is -0.00199 e. The molecule has 9 aromatic rings. The Morgan fingerprint density at radius 1 is 0.214 bits per heavy atom. The molecule has 0 bridgehead atoms. The van der Waals surface area contributed by atoms with Crippen LogP contribution in [0.2, 0.25) is 0 Å². The van der Waals surface area contributed by atoms with Gasteiger partial charge in [-0.05, 0) is 93.0 Å². The van der Waals surface area contributed by atoms with Crippen LogP contribution in [0.15, 0.2) is 158 Å². The highest BCUT2D eigenvalue weighted by atomic mass is 14.2. The molecule has 0 aliphatic heterocycles. The van der Waals surface area contributed by atoms with E-state index < -0.39 is 0 Å². The molecule has 0 amide bonds. The standard InChI is InChI=1S/C42H26/c1-3-14-29-27(12-1)24-25-34-32(29)22-11-23-35(34)41-36-18-7-9-20-38(36)42(39-21-10-8-19-37(39)41)40-26-28-13-2-4-15-30(28)31-16-5-6-17-33(31)40/h1-26H. The van der Waals surface area contributed by atoms with Gasteiger partial charge < -0.3 is 0 Å². The normalized spacial score (nSPS) is 11.8. The Morgan fingerprint density at radius 2 is 0.619 bits per heavy atom. The van der Waals surface area contributed by atoms with Gasteiger partial charge in [0.15, 0.2) is 0 Å². The van der Waals surface area contributed by atoms with Gasteiger partial charge in [0.2, 0.25) is 0 Å². The topological polar surface area (TPSA) is 0 Å². The minimum Gasteiger partial charge on any atom is -0.0616 e. The molecule has 9 aromatic carbocycles. The third-order valence-corrected chi connectivity index (χ3v) is 9.02. The minimum absolute atomic E-state index is 1.27. The van der Waals surface area contributed by atoms with Gasteiger partial charge in [0.05, 0.1) is 0 Å². The summed E-state index contributed by atoms with van der Waals surface area (Å²) >= 11 is 0. The number of hydrogen-bond acceptors (Lipinski definition) is 0. The van der Waals surface area contributed by atoms with Gasteiger partial charge in [-0.25, -0.2) is 0 Å². The lowest BCUT2D eigenvalue weighted by molar-refractivity contribution is 1.70. The Bertz CT molecular complexity index is 2460. The maximum atomic E-state index is 2.40. The second-order valence-electron chi connectivity index (χ2n) is 11.2. The zero-order chi connectivity index (χ0) is 27.6. The molecular formula is C42H26. The van der Waals surface area contributed by atoms with Crippen molar-refractivity contribution in [3.05, 3.63) is 158 Å². The van der Waals surface area contributed by atoms with Gasteiger partial charge in [0.25, 0.3) is 0 Å². The Balaban J connectivity index is 1.46. The average molecular weight is 531 g/mol. The predicted octanol–water partition coefficient (Wildman–Crippen LogP) is 11.9. The van der Waals surface area contributed by atoms with E-state index in [2.05, 4.69) is 158 Å².